The zero-order valence-corrected chi connectivity index (χ0v) is 15.5. The van der Waals surface area contributed by atoms with E-state index in [-0.39, 0.29) is 0 Å². The highest BCUT2D eigenvalue weighted by atomic mass is 16.5. The Labute approximate surface area is 144 Å². The lowest BCUT2D eigenvalue weighted by atomic mass is 10.0. The molecule has 134 valence electrons. The fourth-order valence-corrected chi connectivity index (χ4v) is 3.19. The third-order valence-corrected chi connectivity index (χ3v) is 4.69. The van der Waals surface area contributed by atoms with Crippen LogP contribution in [0.3, 0.4) is 0 Å². The molecule has 0 aromatic carbocycles. The van der Waals surface area contributed by atoms with Crippen molar-refractivity contribution in [2.75, 3.05) is 0 Å². The first-order valence-electron chi connectivity index (χ1n) is 10.1. The van der Waals surface area contributed by atoms with Crippen LogP contribution in [0.4, 0.5) is 0 Å². The van der Waals surface area contributed by atoms with Crippen molar-refractivity contribution in [3.05, 3.63) is 24.4 Å². The number of rotatable bonds is 16. The molecule has 0 saturated heterocycles. The van der Waals surface area contributed by atoms with Crippen molar-refractivity contribution in [2.45, 2.75) is 110 Å². The van der Waals surface area contributed by atoms with E-state index in [9.17, 15) is 0 Å². The molecule has 1 aliphatic rings. The van der Waals surface area contributed by atoms with E-state index < -0.39 is 0 Å². The molecule has 0 aromatic heterocycles. The average molecular weight is 322 g/mol. The van der Waals surface area contributed by atoms with Gasteiger partial charge in [-0.3, -0.25) is 0 Å². The maximum absolute atomic E-state index is 5.17. The van der Waals surface area contributed by atoms with Crippen LogP contribution < -0.4 is 5.32 Å². The molecule has 1 N–H and O–H groups in total. The van der Waals surface area contributed by atoms with Gasteiger partial charge in [-0.15, -0.1) is 0 Å². The molecule has 0 spiro atoms. The van der Waals surface area contributed by atoms with Gasteiger partial charge in [0.05, 0.1) is 5.70 Å². The van der Waals surface area contributed by atoms with E-state index in [1.807, 2.05) is 0 Å². The van der Waals surface area contributed by atoms with Crippen LogP contribution in [0.5, 0.6) is 0 Å². The minimum Gasteiger partial charge on any atom is -0.448 e. The van der Waals surface area contributed by atoms with Crippen molar-refractivity contribution in [2.24, 2.45) is 0 Å². The van der Waals surface area contributed by atoms with Crippen molar-refractivity contribution in [1.29, 1.82) is 0 Å². The van der Waals surface area contributed by atoms with Gasteiger partial charge in [0, 0.05) is 0 Å². The average Bonchev–Trinajstić information content (AvgIpc) is 2.96. The van der Waals surface area contributed by atoms with Gasteiger partial charge in [0.1, 0.15) is 6.26 Å². The van der Waals surface area contributed by atoms with Crippen LogP contribution in [0.1, 0.15) is 110 Å². The minimum absolute atomic E-state index is 0.668. The Kier molecular flexibility index (Phi) is 12.8. The van der Waals surface area contributed by atoms with Crippen molar-refractivity contribution < 1.29 is 4.74 Å². The van der Waals surface area contributed by atoms with Crippen molar-refractivity contribution in [3.63, 3.8) is 0 Å². The highest BCUT2D eigenvalue weighted by Gasteiger charge is 2.06. The lowest BCUT2D eigenvalue weighted by Crippen LogP contribution is -2.04. The highest BCUT2D eigenvalue weighted by Crippen LogP contribution is 2.16. The second-order valence-corrected chi connectivity index (χ2v) is 7.01. The van der Waals surface area contributed by atoms with Crippen molar-refractivity contribution in [1.82, 2.24) is 5.32 Å². The molecule has 0 saturated carbocycles. The third-order valence-electron chi connectivity index (χ3n) is 4.69. The molecule has 1 heterocycles. The Bertz CT molecular complexity index is 322. The predicted octanol–water partition coefficient (Wildman–Crippen LogP) is 7.18. The molecule has 1 aliphatic heterocycles. The van der Waals surface area contributed by atoms with Gasteiger partial charge in [0.25, 0.3) is 0 Å². The summed E-state index contributed by atoms with van der Waals surface area (Å²) in [5.41, 5.74) is 1.18. The van der Waals surface area contributed by atoms with Gasteiger partial charge >= 0.3 is 0 Å². The van der Waals surface area contributed by atoms with Crippen LogP contribution >= 0.6 is 0 Å². The van der Waals surface area contributed by atoms with E-state index in [2.05, 4.69) is 18.8 Å². The van der Waals surface area contributed by atoms with E-state index in [4.69, 9.17) is 4.74 Å². The molecule has 0 bridgehead atoms. The predicted molar refractivity (Wildman–Crippen MR) is 101 cm³/mol. The fourth-order valence-electron chi connectivity index (χ4n) is 3.19. The Morgan fingerprint density at radius 1 is 0.739 bits per heavy atom. The van der Waals surface area contributed by atoms with Gasteiger partial charge in [-0.25, -0.2) is 0 Å². The van der Waals surface area contributed by atoms with Crippen LogP contribution in [-0.2, 0) is 4.74 Å². The Hall–Kier alpha value is -0.920. The highest BCUT2D eigenvalue weighted by molar-refractivity contribution is 5.09. The first kappa shape index (κ1) is 20.1. The molecule has 0 aliphatic carbocycles. The van der Waals surface area contributed by atoms with E-state index in [0.717, 1.165) is 6.42 Å². The van der Waals surface area contributed by atoms with Gasteiger partial charge in [0.15, 0.2) is 5.88 Å². The van der Waals surface area contributed by atoms with Gasteiger partial charge in [0.2, 0.25) is 0 Å². The molecule has 0 radical (unpaired) electrons. The number of allylic oxidation sites excluding steroid dienone is 1. The molecule has 2 heteroatoms. The summed E-state index contributed by atoms with van der Waals surface area (Å²) in [5, 5.41) is 3.15. The van der Waals surface area contributed by atoms with Gasteiger partial charge in [-0.1, -0.05) is 96.8 Å². The summed E-state index contributed by atoms with van der Waals surface area (Å²) in [6.45, 7) is 6.03. The van der Waals surface area contributed by atoms with Crippen LogP contribution in [-0.4, -0.2) is 0 Å². The summed E-state index contributed by atoms with van der Waals surface area (Å²) in [6.07, 6.45) is 24.1. The summed E-state index contributed by atoms with van der Waals surface area (Å²) >= 11 is 0. The molecule has 0 atom stereocenters. The molecule has 0 amide bonds. The standard InChI is InChI=1S/C21H39NO/c1-3-4-5-6-7-8-9-10-11-12-13-14-15-16-17-18-21-19-23-20(2)22-21/h19,22H,2-18H2,1H3. The second-order valence-electron chi connectivity index (χ2n) is 7.01. The quantitative estimate of drug-likeness (QED) is 0.304. The van der Waals surface area contributed by atoms with E-state index in [0.29, 0.717) is 5.88 Å². The molecule has 0 aromatic rings. The third kappa shape index (κ3) is 12.2. The Morgan fingerprint density at radius 3 is 1.57 bits per heavy atom. The van der Waals surface area contributed by atoms with Crippen LogP contribution in [0.25, 0.3) is 0 Å². The molecular weight excluding hydrogens is 282 g/mol. The Morgan fingerprint density at radius 2 is 1.17 bits per heavy atom. The van der Waals surface area contributed by atoms with Gasteiger partial charge < -0.3 is 10.1 Å². The molecule has 1 rings (SSSR count). The van der Waals surface area contributed by atoms with E-state index in [1.165, 1.54) is 102 Å². The second kappa shape index (κ2) is 14.7. The van der Waals surface area contributed by atoms with Crippen LogP contribution in [0, 0.1) is 0 Å². The van der Waals surface area contributed by atoms with E-state index in [1.54, 1.807) is 6.26 Å². The van der Waals surface area contributed by atoms with Crippen molar-refractivity contribution in [3.8, 4) is 0 Å². The number of ether oxygens (including phenoxy) is 1. The first-order chi connectivity index (χ1) is 11.3. The largest absolute Gasteiger partial charge is 0.448 e. The summed E-state index contributed by atoms with van der Waals surface area (Å²) < 4.78 is 5.17. The topological polar surface area (TPSA) is 21.3 Å². The summed E-state index contributed by atoms with van der Waals surface area (Å²) in [7, 11) is 0. The number of hydrogen-bond donors (Lipinski definition) is 1. The van der Waals surface area contributed by atoms with Crippen LogP contribution in [0.2, 0.25) is 0 Å². The zero-order valence-electron chi connectivity index (χ0n) is 15.5. The smallest absolute Gasteiger partial charge is 0.189 e. The van der Waals surface area contributed by atoms with Gasteiger partial charge in [-0.05, 0) is 19.4 Å². The molecule has 0 fully saturated rings. The molecule has 23 heavy (non-hydrogen) atoms. The SMILES string of the molecule is C=C1NC(CCCCCCCCCCCCCCCCC)=CO1. The van der Waals surface area contributed by atoms with Crippen molar-refractivity contribution >= 4 is 0 Å². The fraction of sp³-hybridized carbons (Fsp3) is 0.810. The molecule has 2 nitrogen and oxygen atoms in total. The lowest BCUT2D eigenvalue weighted by molar-refractivity contribution is 0.359. The maximum atomic E-state index is 5.17. The minimum atomic E-state index is 0.668. The number of nitrogens with one attached hydrogen (secondary N) is 1. The molecular formula is C21H39NO. The maximum Gasteiger partial charge on any atom is 0.189 e. The monoisotopic (exact) mass is 321 g/mol. The lowest BCUT2D eigenvalue weighted by Gasteiger charge is -2.04. The summed E-state index contributed by atoms with van der Waals surface area (Å²) in [6, 6.07) is 0. The van der Waals surface area contributed by atoms with Gasteiger partial charge in [-0.2, -0.15) is 0 Å². The molecule has 0 unspecified atom stereocenters. The first-order valence-corrected chi connectivity index (χ1v) is 10.1. The Balaban J connectivity index is 1.69. The summed E-state index contributed by atoms with van der Waals surface area (Å²) in [5.74, 6) is 0.668. The van der Waals surface area contributed by atoms with Crippen LogP contribution in [0.15, 0.2) is 24.4 Å². The number of unbranched alkanes of at least 4 members (excludes halogenated alkanes) is 14. The normalized spacial score (nSPS) is 13.8. The van der Waals surface area contributed by atoms with E-state index >= 15 is 0 Å². The number of hydrogen-bond acceptors (Lipinski definition) is 2. The summed E-state index contributed by atoms with van der Waals surface area (Å²) in [4.78, 5) is 0. The zero-order chi connectivity index (χ0) is 16.6.